The molecule has 1 atom stereocenters. The van der Waals surface area contributed by atoms with Gasteiger partial charge in [0.15, 0.2) is 0 Å². The SMILES string of the molecule is N#Cc1ccc(OCCC2CCCO2)cc1Cl. The molecule has 0 bridgehead atoms. The molecule has 0 spiro atoms. The van der Waals surface area contributed by atoms with Crippen LogP contribution in [0.3, 0.4) is 0 Å². The summed E-state index contributed by atoms with van der Waals surface area (Å²) in [6.45, 7) is 1.49. The minimum atomic E-state index is 0.337. The van der Waals surface area contributed by atoms with E-state index in [2.05, 4.69) is 0 Å². The monoisotopic (exact) mass is 251 g/mol. The highest BCUT2D eigenvalue weighted by Crippen LogP contribution is 2.22. The summed E-state index contributed by atoms with van der Waals surface area (Å²) in [6, 6.07) is 7.13. The van der Waals surface area contributed by atoms with Crippen molar-refractivity contribution in [1.29, 1.82) is 5.26 Å². The number of hydrogen-bond donors (Lipinski definition) is 0. The van der Waals surface area contributed by atoms with Crippen molar-refractivity contribution >= 4 is 11.6 Å². The average Bonchev–Trinajstić information content (AvgIpc) is 2.82. The Bertz CT molecular complexity index is 422. The van der Waals surface area contributed by atoms with Crippen LogP contribution in [0, 0.1) is 11.3 Å². The van der Waals surface area contributed by atoms with Crippen LogP contribution in [-0.2, 0) is 4.74 Å². The molecule has 0 aliphatic carbocycles. The third kappa shape index (κ3) is 3.36. The molecule has 1 aliphatic rings. The van der Waals surface area contributed by atoms with Crippen molar-refractivity contribution in [2.75, 3.05) is 13.2 Å². The van der Waals surface area contributed by atoms with Crippen LogP contribution >= 0.6 is 11.6 Å². The van der Waals surface area contributed by atoms with Crippen LogP contribution in [0.25, 0.3) is 0 Å². The molecule has 90 valence electrons. The predicted molar refractivity (Wildman–Crippen MR) is 65.3 cm³/mol. The minimum Gasteiger partial charge on any atom is -0.493 e. The Kier molecular flexibility index (Phi) is 4.24. The van der Waals surface area contributed by atoms with Gasteiger partial charge in [-0.25, -0.2) is 0 Å². The van der Waals surface area contributed by atoms with Gasteiger partial charge >= 0.3 is 0 Å². The Labute approximate surface area is 106 Å². The van der Waals surface area contributed by atoms with E-state index in [9.17, 15) is 0 Å². The molecule has 0 N–H and O–H groups in total. The molecular weight excluding hydrogens is 238 g/mol. The largest absolute Gasteiger partial charge is 0.493 e. The first-order valence-electron chi connectivity index (χ1n) is 5.73. The summed E-state index contributed by atoms with van der Waals surface area (Å²) in [5.41, 5.74) is 0.471. The highest BCUT2D eigenvalue weighted by Gasteiger charge is 2.15. The van der Waals surface area contributed by atoms with Gasteiger partial charge in [-0.05, 0) is 25.0 Å². The van der Waals surface area contributed by atoms with Crippen LogP contribution in [0.1, 0.15) is 24.8 Å². The Morgan fingerprint density at radius 1 is 1.53 bits per heavy atom. The molecule has 1 fully saturated rings. The molecule has 2 rings (SSSR count). The first kappa shape index (κ1) is 12.2. The molecule has 4 heteroatoms. The average molecular weight is 252 g/mol. The Hall–Kier alpha value is -1.24. The number of benzene rings is 1. The molecule has 1 aliphatic heterocycles. The number of rotatable bonds is 4. The number of nitrogens with zero attached hydrogens (tertiary/aromatic N) is 1. The number of nitriles is 1. The van der Waals surface area contributed by atoms with Crippen LogP contribution in [0.4, 0.5) is 0 Å². The van der Waals surface area contributed by atoms with E-state index in [4.69, 9.17) is 26.3 Å². The number of hydrogen-bond acceptors (Lipinski definition) is 3. The van der Waals surface area contributed by atoms with Gasteiger partial charge in [-0.2, -0.15) is 5.26 Å². The van der Waals surface area contributed by atoms with E-state index in [1.54, 1.807) is 18.2 Å². The normalized spacial score (nSPS) is 18.9. The molecule has 1 heterocycles. The smallest absolute Gasteiger partial charge is 0.120 e. The van der Waals surface area contributed by atoms with Gasteiger partial charge in [-0.1, -0.05) is 11.6 Å². The molecule has 1 saturated heterocycles. The first-order valence-corrected chi connectivity index (χ1v) is 6.11. The Morgan fingerprint density at radius 3 is 3.06 bits per heavy atom. The summed E-state index contributed by atoms with van der Waals surface area (Å²) in [5.74, 6) is 0.701. The summed E-state index contributed by atoms with van der Waals surface area (Å²) in [4.78, 5) is 0. The van der Waals surface area contributed by atoms with E-state index in [0.717, 1.165) is 25.9 Å². The van der Waals surface area contributed by atoms with Crippen molar-refractivity contribution in [2.45, 2.75) is 25.4 Å². The Balaban J connectivity index is 1.82. The molecule has 1 aromatic rings. The van der Waals surface area contributed by atoms with Crippen LogP contribution in [0.5, 0.6) is 5.75 Å². The summed E-state index contributed by atoms with van der Waals surface area (Å²) >= 11 is 5.91. The third-order valence-electron chi connectivity index (χ3n) is 2.79. The third-order valence-corrected chi connectivity index (χ3v) is 3.11. The molecule has 1 unspecified atom stereocenters. The number of ether oxygens (including phenoxy) is 2. The zero-order valence-corrected chi connectivity index (χ0v) is 10.2. The second-order valence-electron chi connectivity index (χ2n) is 4.03. The fourth-order valence-corrected chi connectivity index (χ4v) is 2.07. The zero-order chi connectivity index (χ0) is 12.1. The van der Waals surface area contributed by atoms with Gasteiger partial charge in [0.1, 0.15) is 11.8 Å². The highest BCUT2D eigenvalue weighted by molar-refractivity contribution is 6.31. The molecule has 0 amide bonds. The van der Waals surface area contributed by atoms with Crippen molar-refractivity contribution in [2.24, 2.45) is 0 Å². The van der Waals surface area contributed by atoms with Gasteiger partial charge in [0.05, 0.1) is 23.3 Å². The van der Waals surface area contributed by atoms with E-state index < -0.39 is 0 Å². The second kappa shape index (κ2) is 5.90. The van der Waals surface area contributed by atoms with Gasteiger partial charge in [-0.3, -0.25) is 0 Å². The molecular formula is C13H14ClNO2. The van der Waals surface area contributed by atoms with Crippen LogP contribution in [0.15, 0.2) is 18.2 Å². The van der Waals surface area contributed by atoms with Gasteiger partial charge in [-0.15, -0.1) is 0 Å². The van der Waals surface area contributed by atoms with Crippen molar-refractivity contribution < 1.29 is 9.47 Å². The van der Waals surface area contributed by atoms with Gasteiger partial charge in [0, 0.05) is 19.1 Å². The molecule has 3 nitrogen and oxygen atoms in total. The predicted octanol–water partition coefficient (Wildman–Crippen LogP) is 3.16. The van der Waals surface area contributed by atoms with E-state index in [1.165, 1.54) is 0 Å². The van der Waals surface area contributed by atoms with E-state index in [1.807, 2.05) is 6.07 Å². The lowest BCUT2D eigenvalue weighted by atomic mass is 10.2. The summed E-state index contributed by atoms with van der Waals surface area (Å²) in [7, 11) is 0. The van der Waals surface area contributed by atoms with Crippen molar-refractivity contribution in [1.82, 2.24) is 0 Å². The van der Waals surface area contributed by atoms with Crippen LogP contribution in [0.2, 0.25) is 5.02 Å². The lowest BCUT2D eigenvalue weighted by Gasteiger charge is -2.10. The van der Waals surface area contributed by atoms with E-state index in [0.29, 0.717) is 29.0 Å². The lowest BCUT2D eigenvalue weighted by molar-refractivity contribution is 0.0903. The second-order valence-corrected chi connectivity index (χ2v) is 4.43. The van der Waals surface area contributed by atoms with Gasteiger partial charge in [0.2, 0.25) is 0 Å². The van der Waals surface area contributed by atoms with Crippen molar-refractivity contribution in [3.8, 4) is 11.8 Å². The maximum Gasteiger partial charge on any atom is 0.120 e. The van der Waals surface area contributed by atoms with E-state index in [-0.39, 0.29) is 0 Å². The standard InChI is InChI=1S/C13H14ClNO2/c14-13-8-12(4-3-10(13)9-15)17-7-5-11-2-1-6-16-11/h3-4,8,11H,1-2,5-7H2. The summed E-state index contributed by atoms with van der Waals surface area (Å²) in [5, 5.41) is 9.17. The molecule has 1 aromatic carbocycles. The lowest BCUT2D eigenvalue weighted by Crippen LogP contribution is -2.10. The van der Waals surface area contributed by atoms with Crippen LogP contribution < -0.4 is 4.74 Å². The summed E-state index contributed by atoms with van der Waals surface area (Å²) < 4.78 is 11.1. The summed E-state index contributed by atoms with van der Waals surface area (Å²) in [6.07, 6.45) is 3.51. The van der Waals surface area contributed by atoms with Gasteiger partial charge in [0.25, 0.3) is 0 Å². The first-order chi connectivity index (χ1) is 8.29. The van der Waals surface area contributed by atoms with Crippen LogP contribution in [-0.4, -0.2) is 19.3 Å². The maximum atomic E-state index is 8.74. The highest BCUT2D eigenvalue weighted by atomic mass is 35.5. The van der Waals surface area contributed by atoms with Crippen molar-refractivity contribution in [3.63, 3.8) is 0 Å². The van der Waals surface area contributed by atoms with E-state index >= 15 is 0 Å². The fourth-order valence-electron chi connectivity index (χ4n) is 1.86. The quantitative estimate of drug-likeness (QED) is 0.826. The zero-order valence-electron chi connectivity index (χ0n) is 9.49. The van der Waals surface area contributed by atoms with Crippen molar-refractivity contribution in [3.05, 3.63) is 28.8 Å². The fraction of sp³-hybridized carbons (Fsp3) is 0.462. The van der Waals surface area contributed by atoms with Gasteiger partial charge < -0.3 is 9.47 Å². The topological polar surface area (TPSA) is 42.2 Å². The minimum absolute atomic E-state index is 0.337. The Morgan fingerprint density at radius 2 is 2.41 bits per heavy atom. The molecule has 0 radical (unpaired) electrons. The maximum absolute atomic E-state index is 8.74. The number of halogens is 1. The molecule has 0 saturated carbocycles. The molecule has 17 heavy (non-hydrogen) atoms. The molecule has 0 aromatic heterocycles.